The van der Waals surface area contributed by atoms with Gasteiger partial charge in [0.15, 0.2) is 0 Å². The molecule has 0 saturated heterocycles. The molecule has 0 aromatic heterocycles. The van der Waals surface area contributed by atoms with Crippen LogP contribution in [-0.4, -0.2) is 32.2 Å². The van der Waals surface area contributed by atoms with Gasteiger partial charge in [0.2, 0.25) is 5.91 Å². The fraction of sp³-hybridized carbons (Fsp3) is 0.889. The molecule has 13 heavy (non-hydrogen) atoms. The number of carbonyl (C=O) groups excluding carboxylic acids is 1. The van der Waals surface area contributed by atoms with E-state index in [0.29, 0.717) is 13.2 Å². The molecular weight excluding hydrogens is 168 g/mol. The molecule has 0 saturated carbocycles. The number of rotatable bonds is 6. The van der Waals surface area contributed by atoms with E-state index in [0.717, 1.165) is 6.42 Å². The molecule has 0 aromatic rings. The summed E-state index contributed by atoms with van der Waals surface area (Å²) in [5.41, 5.74) is 5.45. The van der Waals surface area contributed by atoms with Crippen LogP contribution in [0.25, 0.3) is 0 Å². The predicted molar refractivity (Wildman–Crippen MR) is 52.3 cm³/mol. The van der Waals surface area contributed by atoms with Gasteiger partial charge >= 0.3 is 0 Å². The Kier molecular flexibility index (Phi) is 6.54. The summed E-state index contributed by atoms with van der Waals surface area (Å²) in [6.07, 6.45) is 0.843. The normalized spacial score (nSPS) is 15.1. The third-order valence-electron chi connectivity index (χ3n) is 2.06. The van der Waals surface area contributed by atoms with Gasteiger partial charge in [-0.2, -0.15) is 0 Å². The van der Waals surface area contributed by atoms with Gasteiger partial charge in [0.25, 0.3) is 0 Å². The molecule has 2 atom stereocenters. The van der Waals surface area contributed by atoms with Crippen LogP contribution in [0.3, 0.4) is 0 Å². The van der Waals surface area contributed by atoms with Gasteiger partial charge in [-0.15, -0.1) is 0 Å². The first-order chi connectivity index (χ1) is 6.15. The van der Waals surface area contributed by atoms with E-state index in [1.54, 1.807) is 7.11 Å². The molecule has 78 valence electrons. The van der Waals surface area contributed by atoms with Crippen molar-refractivity contribution in [2.75, 3.05) is 20.3 Å². The quantitative estimate of drug-likeness (QED) is 0.622. The van der Waals surface area contributed by atoms with Gasteiger partial charge in [-0.1, -0.05) is 13.8 Å². The first-order valence-corrected chi connectivity index (χ1v) is 4.65. The highest BCUT2D eigenvalue weighted by molar-refractivity contribution is 5.78. The maximum absolute atomic E-state index is 11.4. The van der Waals surface area contributed by atoms with Crippen LogP contribution in [0.2, 0.25) is 0 Å². The van der Waals surface area contributed by atoms with Crippen molar-refractivity contribution in [2.24, 2.45) is 11.7 Å². The molecule has 0 rings (SSSR count). The Bertz CT molecular complexity index is 151. The fourth-order valence-electron chi connectivity index (χ4n) is 0.899. The van der Waals surface area contributed by atoms with Gasteiger partial charge in [0.1, 0.15) is 0 Å². The first-order valence-electron chi connectivity index (χ1n) is 4.65. The van der Waals surface area contributed by atoms with Crippen LogP contribution < -0.4 is 11.1 Å². The zero-order valence-corrected chi connectivity index (χ0v) is 8.67. The first kappa shape index (κ1) is 12.4. The number of amides is 1. The summed E-state index contributed by atoms with van der Waals surface area (Å²) in [7, 11) is 1.60. The molecule has 1 amide bonds. The van der Waals surface area contributed by atoms with Crippen molar-refractivity contribution in [2.45, 2.75) is 26.3 Å². The zero-order valence-electron chi connectivity index (χ0n) is 8.67. The topological polar surface area (TPSA) is 64.4 Å². The van der Waals surface area contributed by atoms with E-state index in [9.17, 15) is 4.79 Å². The summed E-state index contributed by atoms with van der Waals surface area (Å²) in [6.45, 7) is 4.77. The van der Waals surface area contributed by atoms with Gasteiger partial charge in [0, 0.05) is 19.6 Å². The molecule has 4 nitrogen and oxygen atoms in total. The highest BCUT2D eigenvalue weighted by atomic mass is 16.5. The SMILES string of the molecule is CCC(C)C(=O)NC(CN)COC. The minimum Gasteiger partial charge on any atom is -0.383 e. The minimum atomic E-state index is -0.0634. The molecule has 0 aliphatic rings. The summed E-state index contributed by atoms with van der Waals surface area (Å²) in [5, 5.41) is 2.83. The predicted octanol–water partition coefficient (Wildman–Crippen LogP) is 0.122. The summed E-state index contributed by atoms with van der Waals surface area (Å²) in [6, 6.07) is -0.0634. The molecule has 0 radical (unpaired) electrons. The lowest BCUT2D eigenvalue weighted by Gasteiger charge is -2.18. The minimum absolute atomic E-state index is 0.0471. The standard InChI is InChI=1S/C9H20N2O2/c1-4-7(2)9(12)11-8(5-10)6-13-3/h7-8H,4-6,10H2,1-3H3,(H,11,12). The monoisotopic (exact) mass is 188 g/mol. The van der Waals surface area contributed by atoms with Crippen LogP contribution >= 0.6 is 0 Å². The second-order valence-electron chi connectivity index (χ2n) is 3.21. The third-order valence-corrected chi connectivity index (χ3v) is 2.06. The molecule has 0 aromatic carbocycles. The zero-order chi connectivity index (χ0) is 10.3. The van der Waals surface area contributed by atoms with Crippen LogP contribution in [-0.2, 0) is 9.53 Å². The summed E-state index contributed by atoms with van der Waals surface area (Å²) >= 11 is 0. The average molecular weight is 188 g/mol. The van der Waals surface area contributed by atoms with Crippen LogP contribution in [0.4, 0.5) is 0 Å². The maximum atomic E-state index is 11.4. The van der Waals surface area contributed by atoms with Gasteiger partial charge in [-0.05, 0) is 6.42 Å². The Hall–Kier alpha value is -0.610. The second-order valence-corrected chi connectivity index (χ2v) is 3.21. The lowest BCUT2D eigenvalue weighted by atomic mass is 10.1. The van der Waals surface area contributed by atoms with Crippen LogP contribution in [0.1, 0.15) is 20.3 Å². The largest absolute Gasteiger partial charge is 0.383 e. The van der Waals surface area contributed by atoms with Crippen molar-refractivity contribution in [3.63, 3.8) is 0 Å². The molecule has 2 unspecified atom stereocenters. The summed E-state index contributed by atoms with van der Waals surface area (Å²) < 4.78 is 4.91. The molecule has 0 heterocycles. The van der Waals surface area contributed by atoms with E-state index in [2.05, 4.69) is 5.32 Å². The van der Waals surface area contributed by atoms with Crippen molar-refractivity contribution in [1.82, 2.24) is 5.32 Å². The Morgan fingerprint density at radius 2 is 2.23 bits per heavy atom. The van der Waals surface area contributed by atoms with Gasteiger partial charge < -0.3 is 15.8 Å². The number of nitrogens with one attached hydrogen (secondary N) is 1. The number of methoxy groups -OCH3 is 1. The van der Waals surface area contributed by atoms with E-state index in [-0.39, 0.29) is 17.9 Å². The Morgan fingerprint density at radius 1 is 1.62 bits per heavy atom. The molecule has 3 N–H and O–H groups in total. The van der Waals surface area contributed by atoms with Gasteiger partial charge in [-0.3, -0.25) is 4.79 Å². The third kappa shape index (κ3) is 4.85. The highest BCUT2D eigenvalue weighted by Crippen LogP contribution is 2.00. The van der Waals surface area contributed by atoms with Gasteiger partial charge in [-0.25, -0.2) is 0 Å². The van der Waals surface area contributed by atoms with E-state index < -0.39 is 0 Å². The lowest BCUT2D eigenvalue weighted by molar-refractivity contribution is -0.125. The lowest BCUT2D eigenvalue weighted by Crippen LogP contribution is -2.45. The van der Waals surface area contributed by atoms with E-state index in [1.807, 2.05) is 13.8 Å². The van der Waals surface area contributed by atoms with Crippen molar-refractivity contribution in [1.29, 1.82) is 0 Å². The Morgan fingerprint density at radius 3 is 2.62 bits per heavy atom. The van der Waals surface area contributed by atoms with E-state index in [1.165, 1.54) is 0 Å². The summed E-state index contributed by atoms with van der Waals surface area (Å²) in [4.78, 5) is 11.4. The number of hydrogen-bond donors (Lipinski definition) is 2. The molecule has 0 fully saturated rings. The van der Waals surface area contributed by atoms with Gasteiger partial charge in [0.05, 0.1) is 12.6 Å². The van der Waals surface area contributed by atoms with Crippen LogP contribution in [0.5, 0.6) is 0 Å². The second kappa shape index (κ2) is 6.86. The van der Waals surface area contributed by atoms with E-state index >= 15 is 0 Å². The van der Waals surface area contributed by atoms with Crippen molar-refractivity contribution >= 4 is 5.91 Å². The number of ether oxygens (including phenoxy) is 1. The maximum Gasteiger partial charge on any atom is 0.223 e. The molecular formula is C9H20N2O2. The number of nitrogens with two attached hydrogens (primary N) is 1. The fourth-order valence-corrected chi connectivity index (χ4v) is 0.899. The Balaban J connectivity index is 3.85. The molecule has 4 heteroatoms. The molecule has 0 bridgehead atoms. The van der Waals surface area contributed by atoms with Crippen molar-refractivity contribution in [3.8, 4) is 0 Å². The molecule has 0 spiro atoms. The van der Waals surface area contributed by atoms with E-state index in [4.69, 9.17) is 10.5 Å². The average Bonchev–Trinajstić information content (AvgIpc) is 2.15. The smallest absolute Gasteiger partial charge is 0.223 e. The number of hydrogen-bond acceptors (Lipinski definition) is 3. The number of carbonyl (C=O) groups is 1. The molecule has 0 aliphatic heterocycles. The Labute approximate surface area is 79.8 Å². The van der Waals surface area contributed by atoms with Crippen molar-refractivity contribution < 1.29 is 9.53 Å². The highest BCUT2D eigenvalue weighted by Gasteiger charge is 2.14. The van der Waals surface area contributed by atoms with Crippen molar-refractivity contribution in [3.05, 3.63) is 0 Å². The van der Waals surface area contributed by atoms with Crippen LogP contribution in [0.15, 0.2) is 0 Å². The molecule has 0 aliphatic carbocycles. The van der Waals surface area contributed by atoms with Crippen LogP contribution in [0, 0.1) is 5.92 Å². The summed E-state index contributed by atoms with van der Waals surface area (Å²) in [5.74, 6) is 0.0981.